The Balaban J connectivity index is 2.41. The van der Waals surface area contributed by atoms with E-state index < -0.39 is 0 Å². The molecule has 0 aliphatic carbocycles. The van der Waals surface area contributed by atoms with Crippen molar-refractivity contribution in [1.29, 1.82) is 0 Å². The van der Waals surface area contributed by atoms with Gasteiger partial charge in [0.25, 0.3) is 0 Å². The summed E-state index contributed by atoms with van der Waals surface area (Å²) >= 11 is 1.51. The molecule has 0 atom stereocenters. The Morgan fingerprint density at radius 2 is 2.31 bits per heavy atom. The molecule has 13 heavy (non-hydrogen) atoms. The standard InChI is InChI=1S/C8H9N3OS/c1-5-6(3-4-12-5)7-10-11-8(9-2)13-7/h3-4H,1-2H3,(H,9,11). The predicted molar refractivity (Wildman–Crippen MR) is 51.9 cm³/mol. The van der Waals surface area contributed by atoms with Crippen LogP contribution in [0.4, 0.5) is 5.13 Å². The Hall–Kier alpha value is -1.36. The van der Waals surface area contributed by atoms with Gasteiger partial charge < -0.3 is 9.73 Å². The second-order valence-corrected chi connectivity index (χ2v) is 3.53. The molecule has 0 amide bonds. The van der Waals surface area contributed by atoms with Crippen LogP contribution in [0.5, 0.6) is 0 Å². The SMILES string of the molecule is CNc1nnc(-c2ccoc2C)s1. The van der Waals surface area contributed by atoms with Crippen molar-refractivity contribution in [1.82, 2.24) is 10.2 Å². The van der Waals surface area contributed by atoms with Crippen LogP contribution in [0, 0.1) is 6.92 Å². The number of furan rings is 1. The molecule has 2 aromatic rings. The van der Waals surface area contributed by atoms with Gasteiger partial charge in [0.05, 0.1) is 11.8 Å². The first-order chi connectivity index (χ1) is 6.31. The number of anilines is 1. The second-order valence-electron chi connectivity index (χ2n) is 2.55. The largest absolute Gasteiger partial charge is 0.469 e. The van der Waals surface area contributed by atoms with Gasteiger partial charge in [-0.15, -0.1) is 10.2 Å². The number of aromatic nitrogens is 2. The Bertz CT molecular complexity index is 407. The van der Waals surface area contributed by atoms with Gasteiger partial charge in [-0.05, 0) is 13.0 Å². The van der Waals surface area contributed by atoms with Gasteiger partial charge in [-0.3, -0.25) is 0 Å². The van der Waals surface area contributed by atoms with Gasteiger partial charge in [0.2, 0.25) is 5.13 Å². The number of hydrogen-bond acceptors (Lipinski definition) is 5. The van der Waals surface area contributed by atoms with Crippen LogP contribution in [0.1, 0.15) is 5.76 Å². The van der Waals surface area contributed by atoms with E-state index in [1.807, 2.05) is 20.0 Å². The zero-order valence-electron chi connectivity index (χ0n) is 7.37. The van der Waals surface area contributed by atoms with Crippen LogP contribution in [0.25, 0.3) is 10.6 Å². The second kappa shape index (κ2) is 3.18. The smallest absolute Gasteiger partial charge is 0.205 e. The maximum atomic E-state index is 5.18. The summed E-state index contributed by atoms with van der Waals surface area (Å²) in [5.41, 5.74) is 1.01. The van der Waals surface area contributed by atoms with E-state index in [0.29, 0.717) is 0 Å². The summed E-state index contributed by atoms with van der Waals surface area (Å²) in [6.07, 6.45) is 1.66. The Morgan fingerprint density at radius 1 is 1.46 bits per heavy atom. The minimum atomic E-state index is 0.815. The average molecular weight is 195 g/mol. The highest BCUT2D eigenvalue weighted by Crippen LogP contribution is 2.28. The van der Waals surface area contributed by atoms with Gasteiger partial charge in [0.15, 0.2) is 5.01 Å². The summed E-state index contributed by atoms with van der Waals surface area (Å²) in [6, 6.07) is 1.90. The summed E-state index contributed by atoms with van der Waals surface area (Å²) < 4.78 is 5.18. The van der Waals surface area contributed by atoms with Crippen molar-refractivity contribution >= 4 is 16.5 Å². The Labute approximate surface area is 79.6 Å². The van der Waals surface area contributed by atoms with Crippen LogP contribution in [0.2, 0.25) is 0 Å². The molecule has 0 aliphatic heterocycles. The molecule has 2 heterocycles. The van der Waals surface area contributed by atoms with E-state index in [0.717, 1.165) is 21.5 Å². The molecule has 2 aromatic heterocycles. The lowest BCUT2D eigenvalue weighted by Crippen LogP contribution is -1.84. The van der Waals surface area contributed by atoms with Crippen molar-refractivity contribution in [2.75, 3.05) is 12.4 Å². The van der Waals surface area contributed by atoms with Crippen molar-refractivity contribution in [3.05, 3.63) is 18.1 Å². The maximum Gasteiger partial charge on any atom is 0.205 e. The van der Waals surface area contributed by atoms with E-state index in [-0.39, 0.29) is 0 Å². The van der Waals surface area contributed by atoms with Gasteiger partial charge in [0.1, 0.15) is 5.76 Å². The summed E-state index contributed by atoms with van der Waals surface area (Å²) in [5, 5.41) is 12.6. The molecular formula is C8H9N3OS. The lowest BCUT2D eigenvalue weighted by Gasteiger charge is -1.88. The maximum absolute atomic E-state index is 5.18. The van der Waals surface area contributed by atoms with Crippen LogP contribution >= 0.6 is 11.3 Å². The molecule has 0 aromatic carbocycles. The fourth-order valence-electron chi connectivity index (χ4n) is 1.04. The highest BCUT2D eigenvalue weighted by atomic mass is 32.1. The van der Waals surface area contributed by atoms with Crippen LogP contribution in [0.3, 0.4) is 0 Å². The van der Waals surface area contributed by atoms with E-state index in [2.05, 4.69) is 15.5 Å². The zero-order chi connectivity index (χ0) is 9.26. The van der Waals surface area contributed by atoms with Gasteiger partial charge in [0, 0.05) is 7.05 Å². The summed E-state index contributed by atoms with van der Waals surface area (Å²) in [7, 11) is 1.83. The third kappa shape index (κ3) is 1.42. The van der Waals surface area contributed by atoms with Gasteiger partial charge >= 0.3 is 0 Å². The molecule has 0 aliphatic rings. The molecule has 1 N–H and O–H groups in total. The van der Waals surface area contributed by atoms with Crippen molar-refractivity contribution in [2.24, 2.45) is 0 Å². The Kier molecular flexibility index (Phi) is 2.02. The summed E-state index contributed by atoms with van der Waals surface area (Å²) in [6.45, 7) is 1.91. The highest BCUT2D eigenvalue weighted by Gasteiger charge is 2.09. The van der Waals surface area contributed by atoms with Crippen LogP contribution in [-0.4, -0.2) is 17.2 Å². The lowest BCUT2D eigenvalue weighted by molar-refractivity contribution is 0.535. The third-order valence-corrected chi connectivity index (χ3v) is 2.70. The first-order valence-corrected chi connectivity index (χ1v) is 4.68. The topological polar surface area (TPSA) is 51.0 Å². The normalized spacial score (nSPS) is 10.3. The molecule has 0 bridgehead atoms. The third-order valence-electron chi connectivity index (χ3n) is 1.73. The highest BCUT2D eigenvalue weighted by molar-refractivity contribution is 7.18. The summed E-state index contributed by atoms with van der Waals surface area (Å²) in [5.74, 6) is 0.874. The molecule has 4 nitrogen and oxygen atoms in total. The molecule has 2 rings (SSSR count). The summed E-state index contributed by atoms with van der Waals surface area (Å²) in [4.78, 5) is 0. The zero-order valence-corrected chi connectivity index (χ0v) is 8.18. The van der Waals surface area contributed by atoms with Gasteiger partial charge in [-0.25, -0.2) is 0 Å². The fourth-order valence-corrected chi connectivity index (χ4v) is 1.81. The fraction of sp³-hybridized carbons (Fsp3) is 0.250. The number of hydrogen-bond donors (Lipinski definition) is 1. The molecule has 5 heteroatoms. The molecule has 0 radical (unpaired) electrons. The van der Waals surface area contributed by atoms with Gasteiger partial charge in [-0.1, -0.05) is 11.3 Å². The number of nitrogens with zero attached hydrogens (tertiary/aromatic N) is 2. The Morgan fingerprint density at radius 3 is 2.85 bits per heavy atom. The van der Waals surface area contributed by atoms with E-state index in [1.165, 1.54) is 11.3 Å². The van der Waals surface area contributed by atoms with E-state index in [1.54, 1.807) is 6.26 Å². The number of rotatable bonds is 2. The first kappa shape index (κ1) is 8.25. The molecule has 0 fully saturated rings. The number of aryl methyl sites for hydroxylation is 1. The molecule has 0 saturated carbocycles. The van der Waals surface area contributed by atoms with Crippen molar-refractivity contribution in [3.8, 4) is 10.6 Å². The van der Waals surface area contributed by atoms with Crippen LogP contribution < -0.4 is 5.32 Å². The van der Waals surface area contributed by atoms with E-state index in [4.69, 9.17) is 4.42 Å². The van der Waals surface area contributed by atoms with E-state index >= 15 is 0 Å². The first-order valence-electron chi connectivity index (χ1n) is 3.87. The van der Waals surface area contributed by atoms with Gasteiger partial charge in [-0.2, -0.15) is 0 Å². The molecule has 68 valence electrons. The van der Waals surface area contributed by atoms with Crippen molar-refractivity contribution < 1.29 is 4.42 Å². The number of nitrogens with one attached hydrogen (secondary N) is 1. The van der Waals surface area contributed by atoms with Crippen LogP contribution in [0.15, 0.2) is 16.7 Å². The van der Waals surface area contributed by atoms with Crippen molar-refractivity contribution in [2.45, 2.75) is 6.92 Å². The monoisotopic (exact) mass is 195 g/mol. The molecular weight excluding hydrogens is 186 g/mol. The lowest BCUT2D eigenvalue weighted by atomic mass is 10.3. The molecule has 0 unspecified atom stereocenters. The average Bonchev–Trinajstić information content (AvgIpc) is 2.71. The van der Waals surface area contributed by atoms with E-state index in [9.17, 15) is 0 Å². The molecule has 0 spiro atoms. The minimum absolute atomic E-state index is 0.815. The predicted octanol–water partition coefficient (Wildman–Crippen LogP) is 2.15. The van der Waals surface area contributed by atoms with Crippen molar-refractivity contribution in [3.63, 3.8) is 0 Å². The van der Waals surface area contributed by atoms with Crippen LogP contribution in [-0.2, 0) is 0 Å². The minimum Gasteiger partial charge on any atom is -0.469 e. The molecule has 0 saturated heterocycles. The quantitative estimate of drug-likeness (QED) is 0.797.